The lowest BCUT2D eigenvalue weighted by Gasteiger charge is -2.31. The molecule has 1 rings (SSSR count). The van der Waals surface area contributed by atoms with Crippen LogP contribution in [0.15, 0.2) is 0 Å². The van der Waals surface area contributed by atoms with Crippen molar-refractivity contribution in [2.24, 2.45) is 5.92 Å². The van der Waals surface area contributed by atoms with Crippen LogP contribution in [0.5, 0.6) is 0 Å². The second-order valence-corrected chi connectivity index (χ2v) is 3.94. The summed E-state index contributed by atoms with van der Waals surface area (Å²) < 4.78 is 9.56. The Bertz CT molecular complexity index is 254. The van der Waals surface area contributed by atoms with Crippen molar-refractivity contribution in [3.05, 3.63) is 0 Å². The summed E-state index contributed by atoms with van der Waals surface area (Å²) in [6.45, 7) is 1.64. The first kappa shape index (κ1) is 13.0. The van der Waals surface area contributed by atoms with Gasteiger partial charge >= 0.3 is 5.97 Å². The van der Waals surface area contributed by atoms with E-state index in [0.29, 0.717) is 19.6 Å². The molecule has 0 N–H and O–H groups in total. The standard InChI is InChI=1S/C11H19NO4/c1-15-7-5-10(13)12-6-3-4-9(8-12)11(14)16-2/h9H,3-8H2,1-2H3. The van der Waals surface area contributed by atoms with Gasteiger partial charge in [-0.2, -0.15) is 0 Å². The molecule has 1 saturated heterocycles. The lowest BCUT2D eigenvalue weighted by Crippen LogP contribution is -2.42. The SMILES string of the molecule is COCCC(=O)N1CCCC(C(=O)OC)C1. The van der Waals surface area contributed by atoms with Gasteiger partial charge in [-0.3, -0.25) is 9.59 Å². The molecule has 1 unspecified atom stereocenters. The average Bonchev–Trinajstić information content (AvgIpc) is 2.35. The summed E-state index contributed by atoms with van der Waals surface area (Å²) in [7, 11) is 2.95. The smallest absolute Gasteiger partial charge is 0.310 e. The zero-order valence-corrected chi connectivity index (χ0v) is 9.90. The first-order valence-electron chi connectivity index (χ1n) is 5.53. The van der Waals surface area contributed by atoms with E-state index in [2.05, 4.69) is 0 Å². The fourth-order valence-corrected chi connectivity index (χ4v) is 1.91. The number of piperidine rings is 1. The molecule has 0 radical (unpaired) electrons. The van der Waals surface area contributed by atoms with Crippen molar-refractivity contribution in [1.29, 1.82) is 0 Å². The number of likely N-dealkylation sites (tertiary alicyclic amines) is 1. The van der Waals surface area contributed by atoms with Gasteiger partial charge in [0.15, 0.2) is 0 Å². The Morgan fingerprint density at radius 3 is 2.75 bits per heavy atom. The fraction of sp³-hybridized carbons (Fsp3) is 0.818. The van der Waals surface area contributed by atoms with Gasteiger partial charge in [0.2, 0.25) is 5.91 Å². The molecule has 0 spiro atoms. The summed E-state index contributed by atoms with van der Waals surface area (Å²) in [6, 6.07) is 0. The summed E-state index contributed by atoms with van der Waals surface area (Å²) >= 11 is 0. The number of rotatable bonds is 4. The molecular weight excluding hydrogens is 210 g/mol. The molecule has 0 aromatic rings. The molecular formula is C11H19NO4. The monoisotopic (exact) mass is 229 g/mol. The quantitative estimate of drug-likeness (QED) is 0.656. The first-order chi connectivity index (χ1) is 7.69. The van der Waals surface area contributed by atoms with Gasteiger partial charge in [-0.1, -0.05) is 0 Å². The Hall–Kier alpha value is -1.10. The van der Waals surface area contributed by atoms with E-state index in [0.717, 1.165) is 19.4 Å². The van der Waals surface area contributed by atoms with Gasteiger partial charge in [0.1, 0.15) is 0 Å². The molecule has 0 aromatic heterocycles. The number of methoxy groups -OCH3 is 2. The summed E-state index contributed by atoms with van der Waals surface area (Å²) in [5, 5.41) is 0. The van der Waals surface area contributed by atoms with Gasteiger partial charge in [0.05, 0.1) is 26.1 Å². The predicted molar refractivity (Wildman–Crippen MR) is 57.8 cm³/mol. The van der Waals surface area contributed by atoms with Crippen molar-refractivity contribution in [3.8, 4) is 0 Å². The Balaban J connectivity index is 2.43. The molecule has 0 bridgehead atoms. The van der Waals surface area contributed by atoms with E-state index < -0.39 is 0 Å². The lowest BCUT2D eigenvalue weighted by molar-refractivity contribution is -0.149. The summed E-state index contributed by atoms with van der Waals surface area (Å²) in [4.78, 5) is 24.8. The highest BCUT2D eigenvalue weighted by Crippen LogP contribution is 2.18. The van der Waals surface area contributed by atoms with Crippen LogP contribution in [-0.4, -0.2) is 50.7 Å². The third kappa shape index (κ3) is 3.48. The fourth-order valence-electron chi connectivity index (χ4n) is 1.91. The van der Waals surface area contributed by atoms with Crippen molar-refractivity contribution in [2.45, 2.75) is 19.3 Å². The zero-order valence-electron chi connectivity index (χ0n) is 9.90. The van der Waals surface area contributed by atoms with Gasteiger partial charge in [0.25, 0.3) is 0 Å². The summed E-state index contributed by atoms with van der Waals surface area (Å²) in [6.07, 6.45) is 2.05. The minimum atomic E-state index is -0.218. The highest BCUT2D eigenvalue weighted by molar-refractivity contribution is 5.78. The van der Waals surface area contributed by atoms with E-state index in [4.69, 9.17) is 9.47 Å². The Kier molecular flexibility index (Phi) is 5.25. The minimum Gasteiger partial charge on any atom is -0.469 e. The van der Waals surface area contributed by atoms with Gasteiger partial charge < -0.3 is 14.4 Å². The van der Waals surface area contributed by atoms with Crippen molar-refractivity contribution in [3.63, 3.8) is 0 Å². The maximum Gasteiger partial charge on any atom is 0.310 e. The zero-order chi connectivity index (χ0) is 12.0. The van der Waals surface area contributed by atoms with Crippen LogP contribution in [0.3, 0.4) is 0 Å². The van der Waals surface area contributed by atoms with Crippen LogP contribution in [0, 0.1) is 5.92 Å². The molecule has 1 heterocycles. The number of nitrogens with zero attached hydrogens (tertiary/aromatic N) is 1. The molecule has 0 saturated carbocycles. The molecule has 1 fully saturated rings. The first-order valence-corrected chi connectivity index (χ1v) is 5.53. The molecule has 1 aliphatic heterocycles. The van der Waals surface area contributed by atoms with Crippen LogP contribution in [0.2, 0.25) is 0 Å². The largest absolute Gasteiger partial charge is 0.469 e. The molecule has 1 amide bonds. The summed E-state index contributed by atoms with van der Waals surface area (Å²) in [5.74, 6) is -0.329. The predicted octanol–water partition coefficient (Wildman–Crippen LogP) is 0.435. The van der Waals surface area contributed by atoms with E-state index >= 15 is 0 Å². The molecule has 16 heavy (non-hydrogen) atoms. The number of hydrogen-bond donors (Lipinski definition) is 0. The lowest BCUT2D eigenvalue weighted by atomic mass is 9.98. The van der Waals surface area contributed by atoms with Gasteiger partial charge in [-0.05, 0) is 12.8 Å². The highest BCUT2D eigenvalue weighted by atomic mass is 16.5. The number of amides is 1. The van der Waals surface area contributed by atoms with Gasteiger partial charge in [-0.25, -0.2) is 0 Å². The third-order valence-electron chi connectivity index (χ3n) is 2.83. The molecule has 0 aliphatic carbocycles. The number of ether oxygens (including phenoxy) is 2. The van der Waals surface area contributed by atoms with E-state index in [9.17, 15) is 9.59 Å². The number of carbonyl (C=O) groups excluding carboxylic acids is 2. The number of carbonyl (C=O) groups is 2. The average molecular weight is 229 g/mol. The normalized spacial score (nSPS) is 20.6. The van der Waals surface area contributed by atoms with Gasteiger partial charge in [-0.15, -0.1) is 0 Å². The van der Waals surface area contributed by atoms with Crippen LogP contribution in [-0.2, 0) is 19.1 Å². The maximum atomic E-state index is 11.7. The molecule has 1 atom stereocenters. The van der Waals surface area contributed by atoms with Crippen LogP contribution in [0.25, 0.3) is 0 Å². The molecule has 0 aromatic carbocycles. The van der Waals surface area contributed by atoms with Crippen LogP contribution in [0.4, 0.5) is 0 Å². The topological polar surface area (TPSA) is 55.8 Å². The van der Waals surface area contributed by atoms with E-state index in [-0.39, 0.29) is 17.8 Å². The Labute approximate surface area is 95.7 Å². The Morgan fingerprint density at radius 1 is 1.38 bits per heavy atom. The minimum absolute atomic E-state index is 0.0513. The number of hydrogen-bond acceptors (Lipinski definition) is 4. The Morgan fingerprint density at radius 2 is 2.12 bits per heavy atom. The molecule has 1 aliphatic rings. The summed E-state index contributed by atoms with van der Waals surface area (Å²) in [5.41, 5.74) is 0. The molecule has 5 heteroatoms. The second kappa shape index (κ2) is 6.48. The van der Waals surface area contributed by atoms with Crippen LogP contribution < -0.4 is 0 Å². The van der Waals surface area contributed by atoms with E-state index in [1.807, 2.05) is 0 Å². The van der Waals surface area contributed by atoms with Crippen molar-refractivity contribution >= 4 is 11.9 Å². The van der Waals surface area contributed by atoms with Crippen LogP contribution in [0.1, 0.15) is 19.3 Å². The third-order valence-corrected chi connectivity index (χ3v) is 2.83. The molecule has 92 valence electrons. The van der Waals surface area contributed by atoms with Crippen molar-refractivity contribution < 1.29 is 19.1 Å². The highest BCUT2D eigenvalue weighted by Gasteiger charge is 2.28. The second-order valence-electron chi connectivity index (χ2n) is 3.94. The number of esters is 1. The van der Waals surface area contributed by atoms with Crippen molar-refractivity contribution in [2.75, 3.05) is 33.9 Å². The van der Waals surface area contributed by atoms with E-state index in [1.54, 1.807) is 12.0 Å². The van der Waals surface area contributed by atoms with Gasteiger partial charge in [0, 0.05) is 20.2 Å². The van der Waals surface area contributed by atoms with Crippen molar-refractivity contribution in [1.82, 2.24) is 4.90 Å². The van der Waals surface area contributed by atoms with Crippen LogP contribution >= 0.6 is 0 Å². The molecule has 5 nitrogen and oxygen atoms in total. The van der Waals surface area contributed by atoms with E-state index in [1.165, 1.54) is 7.11 Å². The maximum absolute atomic E-state index is 11.7.